The maximum absolute atomic E-state index is 2.68. The van der Waals surface area contributed by atoms with E-state index in [4.69, 9.17) is 0 Å². The molecule has 10 aromatic rings. The summed E-state index contributed by atoms with van der Waals surface area (Å²) >= 11 is 1.92. The van der Waals surface area contributed by atoms with Crippen LogP contribution in [0.5, 0.6) is 0 Å². The van der Waals surface area contributed by atoms with Crippen LogP contribution in [0.1, 0.15) is 9.75 Å². The van der Waals surface area contributed by atoms with Gasteiger partial charge in [-0.25, -0.2) is 0 Å². The van der Waals surface area contributed by atoms with Crippen molar-refractivity contribution in [3.8, 4) is 22.3 Å². The van der Waals surface area contributed by atoms with Crippen molar-refractivity contribution < 1.29 is 0 Å². The Hall–Kier alpha value is -7.99. The van der Waals surface area contributed by atoms with Gasteiger partial charge in [-0.15, -0.1) is 11.3 Å². The van der Waals surface area contributed by atoms with Crippen molar-refractivity contribution in [2.45, 2.75) is 13.8 Å². The Morgan fingerprint density at radius 1 is 0.299 bits per heavy atom. The second-order valence-corrected chi connectivity index (χ2v) is 19.9. The average Bonchev–Trinajstić information content (AvgIpc) is 3.69. The minimum atomic E-state index is -0.00168. The Morgan fingerprint density at radius 2 is 0.716 bits per heavy atom. The van der Waals surface area contributed by atoms with Crippen molar-refractivity contribution in [1.29, 1.82) is 0 Å². The van der Waals surface area contributed by atoms with Gasteiger partial charge in [0.25, 0.3) is 13.4 Å². The number of thiophene rings is 1. The summed E-state index contributed by atoms with van der Waals surface area (Å²) in [6.07, 6.45) is 0. The first kappa shape index (κ1) is 37.3. The summed E-state index contributed by atoms with van der Waals surface area (Å²) in [5.74, 6) is 0. The highest BCUT2D eigenvalue weighted by molar-refractivity contribution is 7.13. The van der Waals surface area contributed by atoms with Gasteiger partial charge in [-0.3, -0.25) is 0 Å². The molecule has 0 N–H and O–H groups in total. The van der Waals surface area contributed by atoms with E-state index in [9.17, 15) is 0 Å². The van der Waals surface area contributed by atoms with Crippen molar-refractivity contribution in [2.75, 3.05) is 19.6 Å². The zero-order chi connectivity index (χ0) is 44.1. The van der Waals surface area contributed by atoms with E-state index in [1.165, 1.54) is 122 Å². The lowest BCUT2D eigenvalue weighted by Crippen LogP contribution is -2.65. The molecule has 6 heterocycles. The molecule has 67 heavy (non-hydrogen) atoms. The van der Waals surface area contributed by atoms with Crippen molar-refractivity contribution in [3.63, 3.8) is 0 Å². The van der Waals surface area contributed by atoms with Crippen molar-refractivity contribution in [2.24, 2.45) is 0 Å². The van der Waals surface area contributed by atoms with E-state index in [1.54, 1.807) is 0 Å². The maximum atomic E-state index is 2.68. The van der Waals surface area contributed by atoms with E-state index >= 15 is 0 Å². The van der Waals surface area contributed by atoms with Gasteiger partial charge in [0.2, 0.25) is 0 Å². The van der Waals surface area contributed by atoms with Gasteiger partial charge in [-0.2, -0.15) is 0 Å². The Balaban J connectivity index is 1.04. The lowest BCUT2D eigenvalue weighted by Gasteiger charge is -2.51. The molecule has 0 bridgehead atoms. The van der Waals surface area contributed by atoms with Gasteiger partial charge in [0, 0.05) is 55.3 Å². The molecule has 9 aromatic carbocycles. The number of fused-ring (bicyclic) bond motifs is 11. The molecule has 7 heteroatoms. The van der Waals surface area contributed by atoms with Crippen molar-refractivity contribution in [1.82, 2.24) is 0 Å². The minimum Gasteiger partial charge on any atom is -0.311 e. The minimum absolute atomic E-state index is 0.00168. The molecule has 312 valence electrons. The van der Waals surface area contributed by atoms with Gasteiger partial charge >= 0.3 is 0 Å². The smallest absolute Gasteiger partial charge is 0.252 e. The molecule has 0 saturated carbocycles. The number of anilines is 12. The maximum Gasteiger partial charge on any atom is 0.252 e. The molecule has 0 radical (unpaired) electrons. The highest BCUT2D eigenvalue weighted by Gasteiger charge is 2.52. The van der Waals surface area contributed by atoms with Crippen LogP contribution in [-0.4, -0.2) is 13.4 Å². The number of aryl methyl sites for hydroxylation is 2. The summed E-state index contributed by atoms with van der Waals surface area (Å²) in [4.78, 5) is 13.0. The van der Waals surface area contributed by atoms with E-state index in [0.717, 1.165) is 11.4 Å². The molecule has 0 saturated heterocycles. The average molecular weight is 871 g/mol. The third-order valence-corrected chi connectivity index (χ3v) is 16.0. The zero-order valence-electron chi connectivity index (χ0n) is 37.0. The molecule has 15 rings (SSSR count). The summed E-state index contributed by atoms with van der Waals surface area (Å²) < 4.78 is 0. The standard InChI is InChI=1S/C60H40B2N4S/c1-37-57-58(38(2)67-37)66-53-28-15-25-50-56(53)62(48-35-41(39-17-7-3-8-18-39)30-34-49(48)63(50)43-21-11-5-12-22-43)47-33-32-46-59(60(47)66)65(57)52-27-16-26-51-55(52)61(46)45-31-29-42(40-19-9-4-10-20-40)36-54(45)64(51)44-23-13-6-14-24-44/h3-36H,1-2H3. The van der Waals surface area contributed by atoms with E-state index < -0.39 is 0 Å². The van der Waals surface area contributed by atoms with Gasteiger partial charge in [-0.1, -0.05) is 146 Å². The summed E-state index contributed by atoms with van der Waals surface area (Å²) in [6, 6.07) is 77.0. The van der Waals surface area contributed by atoms with Gasteiger partial charge in [0.15, 0.2) is 0 Å². The molecule has 0 atom stereocenters. The van der Waals surface area contributed by atoms with Crippen LogP contribution in [0, 0.1) is 13.8 Å². The molecule has 0 spiro atoms. The lowest BCUT2D eigenvalue weighted by atomic mass is 9.31. The van der Waals surface area contributed by atoms with Gasteiger partial charge in [-0.05, 0) is 130 Å². The molecule has 1 aromatic heterocycles. The number of nitrogens with zero attached hydrogens (tertiary/aromatic N) is 4. The Bertz CT molecular complexity index is 3710. The van der Waals surface area contributed by atoms with Crippen LogP contribution in [0.2, 0.25) is 0 Å². The molecular weight excluding hydrogens is 830 g/mol. The van der Waals surface area contributed by atoms with Crippen LogP contribution in [0.15, 0.2) is 206 Å². The van der Waals surface area contributed by atoms with E-state index in [0.29, 0.717) is 0 Å². The monoisotopic (exact) mass is 870 g/mol. The summed E-state index contributed by atoms with van der Waals surface area (Å²) in [5, 5.41) is 0. The molecule has 4 nitrogen and oxygen atoms in total. The number of rotatable bonds is 4. The largest absolute Gasteiger partial charge is 0.311 e. The van der Waals surface area contributed by atoms with Crippen LogP contribution in [0.25, 0.3) is 22.3 Å². The second kappa shape index (κ2) is 13.8. The van der Waals surface area contributed by atoms with E-state index in [2.05, 4.69) is 240 Å². The van der Waals surface area contributed by atoms with E-state index in [-0.39, 0.29) is 13.4 Å². The van der Waals surface area contributed by atoms with Crippen LogP contribution in [0.3, 0.4) is 0 Å². The fourth-order valence-electron chi connectivity index (χ4n) is 12.4. The van der Waals surface area contributed by atoms with Crippen LogP contribution >= 0.6 is 11.3 Å². The summed E-state index contributed by atoms with van der Waals surface area (Å²) in [6.45, 7) is 4.66. The lowest BCUT2D eigenvalue weighted by molar-refractivity contribution is 1.17. The van der Waals surface area contributed by atoms with Crippen LogP contribution < -0.4 is 52.4 Å². The van der Waals surface area contributed by atoms with Gasteiger partial charge in [0.1, 0.15) is 0 Å². The number of benzene rings is 9. The zero-order valence-corrected chi connectivity index (χ0v) is 37.8. The number of hydrogen-bond acceptors (Lipinski definition) is 5. The molecule has 0 fully saturated rings. The molecule has 5 aliphatic heterocycles. The summed E-state index contributed by atoms with van der Waals surface area (Å²) in [7, 11) is 0. The third-order valence-electron chi connectivity index (χ3n) is 15.0. The number of hydrogen-bond donors (Lipinski definition) is 0. The first-order valence-corrected chi connectivity index (χ1v) is 24.2. The number of para-hydroxylation sites is 2. The van der Waals surface area contributed by atoms with Crippen molar-refractivity contribution in [3.05, 3.63) is 216 Å². The molecule has 0 aliphatic carbocycles. The highest BCUT2D eigenvalue weighted by atomic mass is 32.1. The molecular formula is C60H40B2N4S. The van der Waals surface area contributed by atoms with Crippen LogP contribution in [0.4, 0.5) is 68.2 Å². The van der Waals surface area contributed by atoms with Crippen molar-refractivity contribution >= 4 is 126 Å². The molecule has 0 unspecified atom stereocenters. The SMILES string of the molecule is Cc1sc(C)c2c1N1c3cccc4c3B(c3cc(-c5ccccc5)ccc3N4c3ccccc3)c3ccc4c(c31)N2c1cccc2c1B4c1ccc(-c3ccccc3)cc1N2c1ccccc1. The predicted octanol–water partition coefficient (Wildman–Crippen LogP) is 12.2. The predicted molar refractivity (Wildman–Crippen MR) is 286 cm³/mol. The Morgan fingerprint density at radius 3 is 1.24 bits per heavy atom. The molecule has 5 aliphatic rings. The first-order valence-electron chi connectivity index (χ1n) is 23.3. The first-order chi connectivity index (χ1) is 33.1. The van der Waals surface area contributed by atoms with Gasteiger partial charge in [0.05, 0.1) is 22.7 Å². The summed E-state index contributed by atoms with van der Waals surface area (Å²) in [5.41, 5.74) is 27.9. The third kappa shape index (κ3) is 4.99. The topological polar surface area (TPSA) is 13.0 Å². The molecule has 0 amide bonds. The fraction of sp³-hybridized carbons (Fsp3) is 0.0333. The highest BCUT2D eigenvalue weighted by Crippen LogP contribution is 2.60. The Kier molecular flexibility index (Phi) is 7.66. The van der Waals surface area contributed by atoms with Gasteiger partial charge < -0.3 is 19.6 Å². The van der Waals surface area contributed by atoms with E-state index in [1.807, 2.05) is 11.3 Å². The normalized spacial score (nSPS) is 13.9. The fourth-order valence-corrected chi connectivity index (χ4v) is 13.4. The Labute approximate surface area is 395 Å². The van der Waals surface area contributed by atoms with Crippen LogP contribution in [-0.2, 0) is 0 Å². The quantitative estimate of drug-likeness (QED) is 0.163. The second-order valence-electron chi connectivity index (χ2n) is 18.4.